The lowest BCUT2D eigenvalue weighted by atomic mass is 10.0. The fourth-order valence-corrected chi connectivity index (χ4v) is 3.55. The molecular formula is C18H29N3O5. The van der Waals surface area contributed by atoms with Gasteiger partial charge >= 0.3 is 6.09 Å². The number of rotatable bonds is 6. The van der Waals surface area contributed by atoms with Crippen LogP contribution in [0.3, 0.4) is 0 Å². The van der Waals surface area contributed by atoms with E-state index in [-0.39, 0.29) is 42.2 Å². The van der Waals surface area contributed by atoms with E-state index < -0.39 is 12.1 Å². The van der Waals surface area contributed by atoms with Crippen LogP contribution in [0, 0.1) is 5.92 Å². The van der Waals surface area contributed by atoms with E-state index in [0.29, 0.717) is 32.4 Å². The Kier molecular flexibility index (Phi) is 6.61. The number of ketones is 1. The van der Waals surface area contributed by atoms with Crippen LogP contribution >= 0.6 is 0 Å². The van der Waals surface area contributed by atoms with Crippen LogP contribution in [0.2, 0.25) is 0 Å². The lowest BCUT2D eigenvalue weighted by Crippen LogP contribution is -2.44. The molecule has 3 amide bonds. The largest absolute Gasteiger partial charge is 0.447 e. The average molecular weight is 367 g/mol. The van der Waals surface area contributed by atoms with Crippen LogP contribution in [0.5, 0.6) is 0 Å². The molecule has 2 aliphatic heterocycles. The SMILES string of the molecule is CC(=O)NCC(C)CCC(=O)N1CC(=O)[C@@H]2[C@H]1CCN2C(=O)OC(C)C. The number of carbonyl (C=O) groups is 4. The van der Waals surface area contributed by atoms with Crippen molar-refractivity contribution in [1.82, 2.24) is 15.1 Å². The summed E-state index contributed by atoms with van der Waals surface area (Å²) in [6.45, 7) is 7.97. The molecule has 2 aliphatic rings. The predicted octanol–water partition coefficient (Wildman–Crippen LogP) is 0.938. The van der Waals surface area contributed by atoms with Gasteiger partial charge in [-0.05, 0) is 32.6 Å². The number of fused-ring (bicyclic) bond motifs is 1. The van der Waals surface area contributed by atoms with E-state index in [1.165, 1.54) is 11.8 Å². The van der Waals surface area contributed by atoms with E-state index in [9.17, 15) is 19.2 Å². The molecule has 1 unspecified atom stereocenters. The number of Topliss-reactive ketones (excluding diaryl/α,β-unsaturated/α-hetero) is 1. The van der Waals surface area contributed by atoms with Gasteiger partial charge in [-0.25, -0.2) is 4.79 Å². The van der Waals surface area contributed by atoms with Gasteiger partial charge in [0.1, 0.15) is 6.04 Å². The van der Waals surface area contributed by atoms with Crippen LogP contribution in [0.1, 0.15) is 47.0 Å². The van der Waals surface area contributed by atoms with Gasteiger partial charge in [0.25, 0.3) is 0 Å². The van der Waals surface area contributed by atoms with Crippen molar-refractivity contribution in [2.45, 2.75) is 65.1 Å². The topological polar surface area (TPSA) is 96.0 Å². The molecule has 8 heteroatoms. The summed E-state index contributed by atoms with van der Waals surface area (Å²) < 4.78 is 5.21. The molecule has 26 heavy (non-hydrogen) atoms. The summed E-state index contributed by atoms with van der Waals surface area (Å²) in [7, 11) is 0. The van der Waals surface area contributed by atoms with Crippen molar-refractivity contribution in [1.29, 1.82) is 0 Å². The van der Waals surface area contributed by atoms with Crippen molar-refractivity contribution < 1.29 is 23.9 Å². The van der Waals surface area contributed by atoms with Gasteiger partial charge < -0.3 is 15.0 Å². The molecule has 1 N–H and O–H groups in total. The maximum absolute atomic E-state index is 12.6. The predicted molar refractivity (Wildman–Crippen MR) is 94.3 cm³/mol. The molecule has 0 aromatic carbocycles. The highest BCUT2D eigenvalue weighted by molar-refractivity contribution is 5.96. The molecule has 2 rings (SSSR count). The van der Waals surface area contributed by atoms with Crippen LogP contribution in [0.15, 0.2) is 0 Å². The molecule has 0 aliphatic carbocycles. The molecule has 8 nitrogen and oxygen atoms in total. The highest BCUT2D eigenvalue weighted by Gasteiger charge is 2.51. The molecule has 2 saturated heterocycles. The number of ether oxygens (including phenoxy) is 1. The molecule has 0 aromatic rings. The number of carbonyl (C=O) groups excluding carboxylic acids is 4. The minimum absolute atomic E-state index is 0.0553. The van der Waals surface area contributed by atoms with Crippen molar-refractivity contribution in [3.63, 3.8) is 0 Å². The van der Waals surface area contributed by atoms with Gasteiger partial charge in [0.15, 0.2) is 5.78 Å². The van der Waals surface area contributed by atoms with Gasteiger partial charge in [0, 0.05) is 26.4 Å². The van der Waals surface area contributed by atoms with Gasteiger partial charge in [-0.2, -0.15) is 0 Å². The van der Waals surface area contributed by atoms with E-state index >= 15 is 0 Å². The van der Waals surface area contributed by atoms with Gasteiger partial charge in [0.2, 0.25) is 11.8 Å². The van der Waals surface area contributed by atoms with Gasteiger partial charge in [-0.15, -0.1) is 0 Å². The standard InChI is InChI=1S/C18H29N3O5/c1-11(2)26-18(25)20-8-7-14-17(20)15(23)10-21(14)16(24)6-5-12(3)9-19-13(4)22/h11-12,14,17H,5-10H2,1-4H3,(H,19,22)/t12?,14-,17+/m1/s1. The lowest BCUT2D eigenvalue weighted by Gasteiger charge is -2.25. The van der Waals surface area contributed by atoms with E-state index in [1.54, 1.807) is 18.7 Å². The molecule has 0 aromatic heterocycles. The van der Waals surface area contributed by atoms with Crippen molar-refractivity contribution in [2.24, 2.45) is 5.92 Å². The molecule has 0 saturated carbocycles. The Morgan fingerprint density at radius 2 is 1.92 bits per heavy atom. The van der Waals surface area contributed by atoms with E-state index in [1.807, 2.05) is 6.92 Å². The zero-order valence-electron chi connectivity index (χ0n) is 16.0. The van der Waals surface area contributed by atoms with Crippen molar-refractivity contribution >= 4 is 23.7 Å². The maximum atomic E-state index is 12.6. The minimum Gasteiger partial charge on any atom is -0.447 e. The molecule has 2 heterocycles. The van der Waals surface area contributed by atoms with Crippen LogP contribution < -0.4 is 5.32 Å². The van der Waals surface area contributed by atoms with Gasteiger partial charge in [-0.1, -0.05) is 6.92 Å². The molecule has 0 bridgehead atoms. The summed E-state index contributed by atoms with van der Waals surface area (Å²) >= 11 is 0. The highest BCUT2D eigenvalue weighted by Crippen LogP contribution is 2.31. The Balaban J connectivity index is 1.90. The first-order valence-electron chi connectivity index (χ1n) is 9.24. The fourth-order valence-electron chi connectivity index (χ4n) is 3.55. The van der Waals surface area contributed by atoms with Crippen molar-refractivity contribution in [3.05, 3.63) is 0 Å². The first kappa shape index (κ1) is 20.2. The number of nitrogens with one attached hydrogen (secondary N) is 1. The normalized spacial score (nSPS) is 23.2. The second-order valence-electron chi connectivity index (χ2n) is 7.50. The van der Waals surface area contributed by atoms with Gasteiger partial charge in [0.05, 0.1) is 18.7 Å². The summed E-state index contributed by atoms with van der Waals surface area (Å²) in [6, 6.07) is -0.831. The minimum atomic E-state index is -0.581. The van der Waals surface area contributed by atoms with Crippen molar-refractivity contribution in [2.75, 3.05) is 19.6 Å². The maximum Gasteiger partial charge on any atom is 0.410 e. The number of hydrogen-bond donors (Lipinski definition) is 1. The van der Waals surface area contributed by atoms with E-state index in [4.69, 9.17) is 4.74 Å². The zero-order valence-corrected chi connectivity index (χ0v) is 16.0. The Labute approximate surface area is 154 Å². The Morgan fingerprint density at radius 1 is 1.23 bits per heavy atom. The van der Waals surface area contributed by atoms with Crippen LogP contribution in [-0.4, -0.2) is 71.3 Å². The highest BCUT2D eigenvalue weighted by atomic mass is 16.6. The molecule has 2 fully saturated rings. The molecule has 3 atom stereocenters. The third-order valence-electron chi connectivity index (χ3n) is 4.86. The Morgan fingerprint density at radius 3 is 2.54 bits per heavy atom. The second kappa shape index (κ2) is 8.51. The monoisotopic (exact) mass is 367 g/mol. The average Bonchev–Trinajstić information content (AvgIpc) is 3.11. The van der Waals surface area contributed by atoms with Crippen LogP contribution in [0.4, 0.5) is 4.79 Å². The van der Waals surface area contributed by atoms with E-state index in [2.05, 4.69) is 5.32 Å². The summed E-state index contributed by atoms with van der Waals surface area (Å²) in [5.41, 5.74) is 0. The lowest BCUT2D eigenvalue weighted by molar-refractivity contribution is -0.133. The molecular weight excluding hydrogens is 338 g/mol. The third-order valence-corrected chi connectivity index (χ3v) is 4.86. The summed E-state index contributed by atoms with van der Waals surface area (Å²) in [4.78, 5) is 51.2. The molecule has 146 valence electrons. The Hall–Kier alpha value is -2.12. The summed E-state index contributed by atoms with van der Waals surface area (Å²) in [6.07, 6.45) is 0.824. The van der Waals surface area contributed by atoms with Crippen LogP contribution in [-0.2, 0) is 19.1 Å². The first-order chi connectivity index (χ1) is 12.2. The number of likely N-dealkylation sites (tertiary alicyclic amines) is 2. The number of nitrogens with zero attached hydrogens (tertiary/aromatic N) is 2. The quantitative estimate of drug-likeness (QED) is 0.754. The summed E-state index contributed by atoms with van der Waals surface area (Å²) in [5, 5.41) is 2.74. The van der Waals surface area contributed by atoms with Crippen molar-refractivity contribution in [3.8, 4) is 0 Å². The molecule has 0 radical (unpaired) electrons. The number of amides is 3. The fraction of sp³-hybridized carbons (Fsp3) is 0.778. The zero-order chi connectivity index (χ0) is 19.4. The summed E-state index contributed by atoms with van der Waals surface area (Å²) in [5.74, 6) is -0.0824. The second-order valence-corrected chi connectivity index (χ2v) is 7.50. The number of hydrogen-bond acceptors (Lipinski definition) is 5. The van der Waals surface area contributed by atoms with Crippen LogP contribution in [0.25, 0.3) is 0 Å². The first-order valence-corrected chi connectivity index (χ1v) is 9.24. The third kappa shape index (κ3) is 4.74. The Bertz CT molecular complexity index is 577. The smallest absolute Gasteiger partial charge is 0.410 e. The molecule has 0 spiro atoms. The van der Waals surface area contributed by atoms with E-state index in [0.717, 1.165) is 0 Å². The van der Waals surface area contributed by atoms with Gasteiger partial charge in [-0.3, -0.25) is 19.3 Å².